The molecule has 8 heteroatoms. The summed E-state index contributed by atoms with van der Waals surface area (Å²) in [5, 5.41) is 2.82. The van der Waals surface area contributed by atoms with E-state index in [0.29, 0.717) is 24.3 Å². The van der Waals surface area contributed by atoms with Crippen LogP contribution in [0.25, 0.3) is 0 Å². The van der Waals surface area contributed by atoms with Crippen molar-refractivity contribution in [2.75, 3.05) is 31.5 Å². The molecule has 1 N–H and O–H groups in total. The van der Waals surface area contributed by atoms with Crippen LogP contribution in [0, 0.1) is 6.92 Å². The number of anilines is 1. The lowest BCUT2D eigenvalue weighted by Crippen LogP contribution is -2.47. The second-order valence-corrected chi connectivity index (χ2v) is 8.28. The summed E-state index contributed by atoms with van der Waals surface area (Å²) in [6.45, 7) is 3.17. The van der Waals surface area contributed by atoms with Crippen LogP contribution in [0.1, 0.15) is 15.9 Å². The van der Waals surface area contributed by atoms with Gasteiger partial charge < -0.3 is 10.2 Å². The molecule has 0 bridgehead atoms. The molecule has 0 atom stereocenters. The maximum Gasteiger partial charge on any atom is 0.255 e. The van der Waals surface area contributed by atoms with Crippen molar-refractivity contribution in [1.82, 2.24) is 9.21 Å². The average Bonchev–Trinajstić information content (AvgIpc) is 2.70. The number of benzene rings is 2. The summed E-state index contributed by atoms with van der Waals surface area (Å²) in [6.07, 6.45) is 0.728. The van der Waals surface area contributed by atoms with Crippen LogP contribution in [0.3, 0.4) is 0 Å². The molecule has 0 aromatic heterocycles. The van der Waals surface area contributed by atoms with E-state index in [1.165, 1.54) is 28.6 Å². The zero-order valence-corrected chi connectivity index (χ0v) is 15.8. The number of nitrogens with zero attached hydrogens (tertiary/aromatic N) is 2. The van der Waals surface area contributed by atoms with Crippen LogP contribution in [0.4, 0.5) is 5.69 Å². The third-order valence-electron chi connectivity index (χ3n) is 4.57. The van der Waals surface area contributed by atoms with Gasteiger partial charge in [0.1, 0.15) is 0 Å². The van der Waals surface area contributed by atoms with Gasteiger partial charge in [0, 0.05) is 37.4 Å². The summed E-state index contributed by atoms with van der Waals surface area (Å²) in [5.74, 6) is -0.298. The monoisotopic (exact) mass is 387 g/mol. The zero-order valence-electron chi connectivity index (χ0n) is 15.0. The molecule has 7 nitrogen and oxygen atoms in total. The summed E-state index contributed by atoms with van der Waals surface area (Å²) in [4.78, 5) is 24.8. The fraction of sp³-hybridized carbons (Fsp3) is 0.263. The van der Waals surface area contributed by atoms with E-state index in [1.807, 2.05) is 31.2 Å². The smallest absolute Gasteiger partial charge is 0.255 e. The topological polar surface area (TPSA) is 86.8 Å². The Morgan fingerprint density at radius 1 is 1.00 bits per heavy atom. The molecule has 3 rings (SSSR count). The Hall–Kier alpha value is -2.71. The molecule has 1 aliphatic rings. The van der Waals surface area contributed by atoms with Gasteiger partial charge >= 0.3 is 0 Å². The first-order valence-electron chi connectivity index (χ1n) is 8.58. The van der Waals surface area contributed by atoms with Gasteiger partial charge in [0.15, 0.2) is 0 Å². The van der Waals surface area contributed by atoms with Gasteiger partial charge in [-0.1, -0.05) is 18.2 Å². The summed E-state index contributed by atoms with van der Waals surface area (Å²) in [7, 11) is -3.64. The number of carbonyl (C=O) groups excluding carboxylic acids is 2. The molecule has 0 unspecified atom stereocenters. The Kier molecular flexibility index (Phi) is 5.57. The average molecular weight is 387 g/mol. The highest BCUT2D eigenvalue weighted by Crippen LogP contribution is 2.19. The normalized spacial score (nSPS) is 15.4. The number of carbonyl (C=O) groups is 2. The van der Waals surface area contributed by atoms with Crippen LogP contribution in [-0.4, -0.2) is 56.1 Å². The maximum absolute atomic E-state index is 12.7. The molecule has 1 aliphatic heterocycles. The first-order valence-corrected chi connectivity index (χ1v) is 10.0. The Morgan fingerprint density at radius 2 is 1.63 bits per heavy atom. The van der Waals surface area contributed by atoms with E-state index in [0.717, 1.165) is 12.0 Å². The van der Waals surface area contributed by atoms with Crippen molar-refractivity contribution in [3.63, 3.8) is 0 Å². The molecule has 1 saturated heterocycles. The van der Waals surface area contributed by atoms with Crippen LogP contribution >= 0.6 is 0 Å². The van der Waals surface area contributed by atoms with E-state index < -0.39 is 10.0 Å². The Morgan fingerprint density at radius 3 is 2.22 bits per heavy atom. The minimum Gasteiger partial charge on any atom is -0.343 e. The predicted molar refractivity (Wildman–Crippen MR) is 102 cm³/mol. The van der Waals surface area contributed by atoms with E-state index in [1.54, 1.807) is 4.90 Å². The van der Waals surface area contributed by atoms with Gasteiger partial charge in [-0.15, -0.1) is 0 Å². The molecule has 0 radical (unpaired) electrons. The first-order chi connectivity index (χ1) is 12.9. The summed E-state index contributed by atoms with van der Waals surface area (Å²) < 4.78 is 26.8. The molecule has 2 aromatic carbocycles. The number of nitrogens with one attached hydrogen (secondary N) is 1. The molecule has 0 saturated carbocycles. The second kappa shape index (κ2) is 7.89. The van der Waals surface area contributed by atoms with Crippen molar-refractivity contribution in [2.45, 2.75) is 11.8 Å². The highest BCUT2D eigenvalue weighted by atomic mass is 32.2. The molecule has 1 fully saturated rings. The van der Waals surface area contributed by atoms with Gasteiger partial charge in [0.2, 0.25) is 16.4 Å². The number of rotatable bonds is 5. The number of piperazine rings is 1. The van der Waals surface area contributed by atoms with E-state index in [2.05, 4.69) is 5.32 Å². The first kappa shape index (κ1) is 19.1. The van der Waals surface area contributed by atoms with Crippen LogP contribution in [-0.2, 0) is 14.8 Å². The molecule has 2 amide bonds. The minimum absolute atomic E-state index is 0.134. The van der Waals surface area contributed by atoms with Gasteiger partial charge in [-0.2, -0.15) is 4.31 Å². The van der Waals surface area contributed by atoms with Gasteiger partial charge in [-0.3, -0.25) is 9.59 Å². The Bertz CT molecular complexity index is 934. The minimum atomic E-state index is -3.64. The summed E-state index contributed by atoms with van der Waals surface area (Å²) in [5.41, 5.74) is 2.04. The molecule has 1 heterocycles. The number of hydrogen-bond acceptors (Lipinski definition) is 4. The van der Waals surface area contributed by atoms with Crippen molar-refractivity contribution in [2.24, 2.45) is 0 Å². The van der Waals surface area contributed by atoms with Gasteiger partial charge in [0.05, 0.1) is 4.90 Å². The SMILES string of the molecule is Cc1ccccc1NC(=O)c1ccc(S(=O)(=O)N2CCN(C=O)CC2)cc1. The molecular formula is C19H21N3O4S. The van der Waals surface area contributed by atoms with Gasteiger partial charge in [-0.05, 0) is 42.8 Å². The molecule has 0 spiro atoms. The standard InChI is InChI=1S/C19H21N3O4S/c1-15-4-2-3-5-18(15)20-19(24)16-6-8-17(9-7-16)27(25,26)22-12-10-21(14-23)11-13-22/h2-9,14H,10-13H2,1H3,(H,20,24). The van der Waals surface area contributed by atoms with Crippen molar-refractivity contribution in [1.29, 1.82) is 0 Å². The van der Waals surface area contributed by atoms with Crippen molar-refractivity contribution in [3.8, 4) is 0 Å². The highest BCUT2D eigenvalue weighted by Gasteiger charge is 2.28. The van der Waals surface area contributed by atoms with Crippen LogP contribution in [0.15, 0.2) is 53.4 Å². The predicted octanol–water partition coefficient (Wildman–Crippen LogP) is 1.71. The van der Waals surface area contributed by atoms with E-state index in [9.17, 15) is 18.0 Å². The Balaban J connectivity index is 1.72. The number of amides is 2. The van der Waals surface area contributed by atoms with Crippen LogP contribution in [0.5, 0.6) is 0 Å². The number of sulfonamides is 1. The Labute approximate surface area is 158 Å². The van der Waals surface area contributed by atoms with Crippen LogP contribution < -0.4 is 5.32 Å². The molecular weight excluding hydrogens is 366 g/mol. The highest BCUT2D eigenvalue weighted by molar-refractivity contribution is 7.89. The number of aryl methyl sites for hydroxylation is 1. The largest absolute Gasteiger partial charge is 0.343 e. The lowest BCUT2D eigenvalue weighted by atomic mass is 10.1. The maximum atomic E-state index is 12.7. The van der Waals surface area contributed by atoms with E-state index in [-0.39, 0.29) is 23.9 Å². The quantitative estimate of drug-likeness (QED) is 0.792. The third kappa shape index (κ3) is 4.17. The fourth-order valence-corrected chi connectivity index (χ4v) is 4.31. The number of para-hydroxylation sites is 1. The lowest BCUT2D eigenvalue weighted by Gasteiger charge is -2.31. The van der Waals surface area contributed by atoms with Gasteiger partial charge in [-0.25, -0.2) is 8.42 Å². The summed E-state index contributed by atoms with van der Waals surface area (Å²) >= 11 is 0. The van der Waals surface area contributed by atoms with Crippen molar-refractivity contribution >= 4 is 28.0 Å². The molecule has 0 aliphatic carbocycles. The van der Waals surface area contributed by atoms with Crippen molar-refractivity contribution < 1.29 is 18.0 Å². The van der Waals surface area contributed by atoms with E-state index in [4.69, 9.17) is 0 Å². The second-order valence-electron chi connectivity index (χ2n) is 6.34. The number of hydrogen-bond donors (Lipinski definition) is 1. The molecule has 2 aromatic rings. The molecule has 27 heavy (non-hydrogen) atoms. The molecule has 142 valence electrons. The van der Waals surface area contributed by atoms with E-state index >= 15 is 0 Å². The van der Waals surface area contributed by atoms with Gasteiger partial charge in [0.25, 0.3) is 5.91 Å². The fourth-order valence-electron chi connectivity index (χ4n) is 2.88. The third-order valence-corrected chi connectivity index (χ3v) is 6.48. The van der Waals surface area contributed by atoms with Crippen molar-refractivity contribution in [3.05, 3.63) is 59.7 Å². The summed E-state index contributed by atoms with van der Waals surface area (Å²) in [6, 6.07) is 13.3. The van der Waals surface area contributed by atoms with Crippen LogP contribution in [0.2, 0.25) is 0 Å². The lowest BCUT2D eigenvalue weighted by molar-refractivity contribution is -0.119. The zero-order chi connectivity index (χ0) is 19.4.